The van der Waals surface area contributed by atoms with Gasteiger partial charge >= 0.3 is 6.03 Å². The molecule has 4 heteroatoms. The van der Waals surface area contributed by atoms with Crippen LogP contribution in [0.25, 0.3) is 22.0 Å². The molecule has 0 saturated heterocycles. The summed E-state index contributed by atoms with van der Waals surface area (Å²) in [6, 6.07) is 16.2. The molecular formula is C19H21N3O. The smallest absolute Gasteiger partial charge is 0.321 e. The molecule has 1 aromatic heterocycles. The molecule has 0 radical (unpaired) electrons. The Morgan fingerprint density at radius 1 is 1.04 bits per heavy atom. The minimum Gasteiger partial charge on any atom is -0.361 e. The number of carbonyl (C=O) groups is 1. The second-order valence-corrected chi connectivity index (χ2v) is 5.43. The van der Waals surface area contributed by atoms with E-state index in [9.17, 15) is 4.79 Å². The highest BCUT2D eigenvalue weighted by atomic mass is 16.2. The highest BCUT2D eigenvalue weighted by Crippen LogP contribution is 2.28. The van der Waals surface area contributed by atoms with E-state index in [-0.39, 0.29) is 6.03 Å². The zero-order valence-electron chi connectivity index (χ0n) is 13.5. The lowest BCUT2D eigenvalue weighted by Crippen LogP contribution is -2.34. The van der Waals surface area contributed by atoms with E-state index in [1.54, 1.807) is 4.90 Å². The number of rotatable bonds is 4. The second-order valence-electron chi connectivity index (χ2n) is 5.43. The first-order valence-electron chi connectivity index (χ1n) is 7.95. The molecular weight excluding hydrogens is 286 g/mol. The van der Waals surface area contributed by atoms with Gasteiger partial charge in [0.05, 0.1) is 5.52 Å². The minimum absolute atomic E-state index is 0.0609. The summed E-state index contributed by atoms with van der Waals surface area (Å²) in [5.41, 5.74) is 4.23. The highest BCUT2D eigenvalue weighted by Gasteiger charge is 2.09. The molecule has 4 nitrogen and oxygen atoms in total. The monoisotopic (exact) mass is 307 g/mol. The van der Waals surface area contributed by atoms with Crippen LogP contribution in [0, 0.1) is 0 Å². The Balaban J connectivity index is 1.82. The molecule has 0 fully saturated rings. The van der Waals surface area contributed by atoms with Gasteiger partial charge in [-0.05, 0) is 43.0 Å². The van der Waals surface area contributed by atoms with Crippen LogP contribution < -0.4 is 5.32 Å². The molecule has 0 bridgehead atoms. The Labute approximate surface area is 136 Å². The van der Waals surface area contributed by atoms with Crippen molar-refractivity contribution < 1.29 is 4.79 Å². The number of nitrogens with zero attached hydrogens (tertiary/aromatic N) is 1. The van der Waals surface area contributed by atoms with Gasteiger partial charge in [-0.1, -0.05) is 30.3 Å². The molecule has 1 heterocycles. The van der Waals surface area contributed by atoms with Gasteiger partial charge in [-0.2, -0.15) is 0 Å². The topological polar surface area (TPSA) is 48.1 Å². The predicted molar refractivity (Wildman–Crippen MR) is 95.7 cm³/mol. The fourth-order valence-corrected chi connectivity index (χ4v) is 2.77. The standard InChI is InChI=1S/C19H21N3O/c1-3-22(4-2)19(23)21-16-10-8-14(9-11-16)17-7-5-6-15-12-13-20-18(15)17/h5-13,20H,3-4H2,1-2H3,(H,21,23). The molecule has 0 aliphatic rings. The second kappa shape index (κ2) is 6.57. The van der Waals surface area contributed by atoms with Crippen molar-refractivity contribution in [2.45, 2.75) is 13.8 Å². The van der Waals surface area contributed by atoms with E-state index < -0.39 is 0 Å². The predicted octanol–water partition coefficient (Wildman–Crippen LogP) is 4.71. The summed E-state index contributed by atoms with van der Waals surface area (Å²) >= 11 is 0. The number of H-pyrrole nitrogens is 1. The number of amides is 2. The number of carbonyl (C=O) groups excluding carboxylic acids is 1. The van der Waals surface area contributed by atoms with Crippen LogP contribution in [0.3, 0.4) is 0 Å². The van der Waals surface area contributed by atoms with E-state index in [1.807, 2.05) is 44.3 Å². The van der Waals surface area contributed by atoms with Crippen molar-refractivity contribution in [1.29, 1.82) is 0 Å². The molecule has 2 N–H and O–H groups in total. The fourth-order valence-electron chi connectivity index (χ4n) is 2.77. The number of urea groups is 1. The summed E-state index contributed by atoms with van der Waals surface area (Å²) in [5, 5.41) is 4.13. The van der Waals surface area contributed by atoms with Crippen molar-refractivity contribution in [3.8, 4) is 11.1 Å². The summed E-state index contributed by atoms with van der Waals surface area (Å²) in [7, 11) is 0. The molecule has 2 amide bonds. The van der Waals surface area contributed by atoms with E-state index in [0.29, 0.717) is 13.1 Å². The van der Waals surface area contributed by atoms with Gasteiger partial charge in [0, 0.05) is 30.5 Å². The van der Waals surface area contributed by atoms with Crippen molar-refractivity contribution in [3.05, 3.63) is 54.7 Å². The van der Waals surface area contributed by atoms with Crippen LogP contribution in [-0.4, -0.2) is 29.0 Å². The van der Waals surface area contributed by atoms with E-state index in [2.05, 4.69) is 34.6 Å². The first kappa shape index (κ1) is 15.2. The lowest BCUT2D eigenvalue weighted by Gasteiger charge is -2.19. The van der Waals surface area contributed by atoms with Crippen LogP contribution in [0.4, 0.5) is 10.5 Å². The third-order valence-electron chi connectivity index (χ3n) is 4.09. The Kier molecular flexibility index (Phi) is 4.33. The summed E-state index contributed by atoms with van der Waals surface area (Å²) < 4.78 is 0. The van der Waals surface area contributed by atoms with E-state index in [0.717, 1.165) is 22.3 Å². The van der Waals surface area contributed by atoms with Crippen LogP contribution in [0.1, 0.15) is 13.8 Å². The largest absolute Gasteiger partial charge is 0.361 e. The van der Waals surface area contributed by atoms with Crippen molar-refractivity contribution in [1.82, 2.24) is 9.88 Å². The summed E-state index contributed by atoms with van der Waals surface area (Å²) in [4.78, 5) is 17.1. The number of nitrogens with one attached hydrogen (secondary N) is 2. The van der Waals surface area contributed by atoms with Crippen molar-refractivity contribution in [2.24, 2.45) is 0 Å². The number of para-hydroxylation sites is 1. The zero-order chi connectivity index (χ0) is 16.2. The number of hydrogen-bond donors (Lipinski definition) is 2. The molecule has 0 unspecified atom stereocenters. The van der Waals surface area contributed by atoms with Gasteiger partial charge in [-0.25, -0.2) is 4.79 Å². The fraction of sp³-hybridized carbons (Fsp3) is 0.211. The van der Waals surface area contributed by atoms with E-state index in [4.69, 9.17) is 0 Å². The first-order valence-corrected chi connectivity index (χ1v) is 7.95. The van der Waals surface area contributed by atoms with E-state index in [1.165, 1.54) is 5.39 Å². The third-order valence-corrected chi connectivity index (χ3v) is 4.09. The average Bonchev–Trinajstić information content (AvgIpc) is 3.05. The van der Waals surface area contributed by atoms with Crippen LogP contribution in [0.5, 0.6) is 0 Å². The normalized spacial score (nSPS) is 10.7. The first-order chi connectivity index (χ1) is 11.2. The number of hydrogen-bond acceptors (Lipinski definition) is 1. The Morgan fingerprint density at radius 2 is 1.78 bits per heavy atom. The Morgan fingerprint density at radius 3 is 2.48 bits per heavy atom. The van der Waals surface area contributed by atoms with Gasteiger partial charge in [0.25, 0.3) is 0 Å². The molecule has 0 aliphatic carbocycles. The Bertz CT molecular complexity index is 801. The maximum absolute atomic E-state index is 12.1. The number of benzene rings is 2. The van der Waals surface area contributed by atoms with Crippen LogP contribution in [0.2, 0.25) is 0 Å². The number of aromatic nitrogens is 1. The lowest BCUT2D eigenvalue weighted by atomic mass is 10.0. The van der Waals surface area contributed by atoms with Crippen molar-refractivity contribution >= 4 is 22.6 Å². The molecule has 3 rings (SSSR count). The SMILES string of the molecule is CCN(CC)C(=O)Nc1ccc(-c2cccc3cc[nH]c23)cc1. The maximum atomic E-state index is 12.1. The molecule has 118 valence electrons. The maximum Gasteiger partial charge on any atom is 0.321 e. The van der Waals surface area contributed by atoms with Crippen molar-refractivity contribution in [3.63, 3.8) is 0 Å². The summed E-state index contributed by atoms with van der Waals surface area (Å²) in [6.07, 6.45) is 1.95. The van der Waals surface area contributed by atoms with Crippen LogP contribution in [0.15, 0.2) is 54.7 Å². The average molecular weight is 307 g/mol. The molecule has 0 aliphatic heterocycles. The summed E-state index contributed by atoms with van der Waals surface area (Å²) in [6.45, 7) is 5.36. The van der Waals surface area contributed by atoms with Gasteiger partial charge in [0.15, 0.2) is 0 Å². The number of aromatic amines is 1. The van der Waals surface area contributed by atoms with Gasteiger partial charge in [-0.15, -0.1) is 0 Å². The van der Waals surface area contributed by atoms with Gasteiger partial charge in [-0.3, -0.25) is 0 Å². The third kappa shape index (κ3) is 3.06. The van der Waals surface area contributed by atoms with Crippen molar-refractivity contribution in [2.75, 3.05) is 18.4 Å². The zero-order valence-corrected chi connectivity index (χ0v) is 13.5. The molecule has 0 atom stereocenters. The molecule has 0 spiro atoms. The number of anilines is 1. The summed E-state index contributed by atoms with van der Waals surface area (Å²) in [5.74, 6) is 0. The minimum atomic E-state index is -0.0609. The lowest BCUT2D eigenvalue weighted by molar-refractivity contribution is 0.217. The molecule has 3 aromatic rings. The molecule has 2 aromatic carbocycles. The molecule has 0 saturated carbocycles. The molecule has 23 heavy (non-hydrogen) atoms. The number of fused-ring (bicyclic) bond motifs is 1. The van der Waals surface area contributed by atoms with Gasteiger partial charge in [0.2, 0.25) is 0 Å². The van der Waals surface area contributed by atoms with Crippen LogP contribution in [-0.2, 0) is 0 Å². The Hall–Kier alpha value is -2.75. The quantitative estimate of drug-likeness (QED) is 0.720. The van der Waals surface area contributed by atoms with E-state index >= 15 is 0 Å². The van der Waals surface area contributed by atoms with Crippen LogP contribution >= 0.6 is 0 Å². The van der Waals surface area contributed by atoms with Gasteiger partial charge in [0.1, 0.15) is 0 Å². The van der Waals surface area contributed by atoms with Gasteiger partial charge < -0.3 is 15.2 Å². The highest BCUT2D eigenvalue weighted by molar-refractivity contribution is 5.95.